The molecule has 5 nitrogen and oxygen atoms in total. The molecule has 27 heavy (non-hydrogen) atoms. The smallest absolute Gasteiger partial charge is 0.226 e. The Morgan fingerprint density at radius 3 is 2.37 bits per heavy atom. The third-order valence-electron chi connectivity index (χ3n) is 4.51. The molecule has 0 spiro atoms. The Morgan fingerprint density at radius 2 is 1.74 bits per heavy atom. The molecule has 3 aromatic rings. The predicted octanol–water partition coefficient (Wildman–Crippen LogP) is 4.43. The fraction of sp³-hybridized carbons (Fsp3) is 0.227. The lowest BCUT2D eigenvalue weighted by Crippen LogP contribution is -2.20. The van der Waals surface area contributed by atoms with Crippen molar-refractivity contribution in [2.75, 3.05) is 19.5 Å². The SMILES string of the molecule is COc1ccc(NC(=O)CC(c2ccc(C)cc2)n2cccc2)c(OC)c1. The van der Waals surface area contributed by atoms with Crippen LogP contribution in [0.25, 0.3) is 0 Å². The van der Waals surface area contributed by atoms with Crippen molar-refractivity contribution in [2.24, 2.45) is 0 Å². The van der Waals surface area contributed by atoms with E-state index in [1.807, 2.05) is 24.5 Å². The number of hydrogen-bond acceptors (Lipinski definition) is 3. The third kappa shape index (κ3) is 4.50. The number of ether oxygens (including phenoxy) is 2. The minimum absolute atomic E-state index is 0.0788. The van der Waals surface area contributed by atoms with E-state index in [4.69, 9.17) is 9.47 Å². The van der Waals surface area contributed by atoms with E-state index >= 15 is 0 Å². The van der Waals surface area contributed by atoms with Crippen molar-refractivity contribution in [2.45, 2.75) is 19.4 Å². The maximum Gasteiger partial charge on any atom is 0.226 e. The molecule has 140 valence electrons. The number of amides is 1. The first-order valence-corrected chi connectivity index (χ1v) is 8.81. The van der Waals surface area contributed by atoms with Crippen molar-refractivity contribution in [1.29, 1.82) is 0 Å². The van der Waals surface area contributed by atoms with E-state index in [0.717, 1.165) is 5.56 Å². The molecule has 1 heterocycles. The highest BCUT2D eigenvalue weighted by Crippen LogP contribution is 2.30. The molecule has 1 atom stereocenters. The second-order valence-corrected chi connectivity index (χ2v) is 6.38. The van der Waals surface area contributed by atoms with Crippen molar-refractivity contribution >= 4 is 11.6 Å². The number of aromatic nitrogens is 1. The van der Waals surface area contributed by atoms with Gasteiger partial charge in [-0.2, -0.15) is 0 Å². The van der Waals surface area contributed by atoms with Gasteiger partial charge in [-0.3, -0.25) is 4.79 Å². The fourth-order valence-corrected chi connectivity index (χ4v) is 3.02. The van der Waals surface area contributed by atoms with Crippen LogP contribution in [0.2, 0.25) is 0 Å². The highest BCUT2D eigenvalue weighted by molar-refractivity contribution is 5.93. The van der Waals surface area contributed by atoms with Crippen LogP contribution in [0.15, 0.2) is 67.0 Å². The summed E-state index contributed by atoms with van der Waals surface area (Å²) in [5.74, 6) is 1.16. The lowest BCUT2D eigenvalue weighted by atomic mass is 10.0. The van der Waals surface area contributed by atoms with E-state index in [-0.39, 0.29) is 11.9 Å². The lowest BCUT2D eigenvalue weighted by molar-refractivity contribution is -0.116. The molecule has 2 aromatic carbocycles. The molecule has 0 fully saturated rings. The summed E-state index contributed by atoms with van der Waals surface area (Å²) < 4.78 is 12.6. The molecule has 5 heteroatoms. The molecule has 0 aliphatic carbocycles. The van der Waals surface area contributed by atoms with Gasteiger partial charge in [-0.25, -0.2) is 0 Å². The Kier molecular flexibility index (Phi) is 5.81. The Morgan fingerprint density at radius 1 is 1.04 bits per heavy atom. The van der Waals surface area contributed by atoms with Crippen LogP contribution in [-0.2, 0) is 4.79 Å². The largest absolute Gasteiger partial charge is 0.497 e. The van der Waals surface area contributed by atoms with E-state index in [2.05, 4.69) is 41.1 Å². The summed E-state index contributed by atoms with van der Waals surface area (Å²) >= 11 is 0. The standard InChI is InChI=1S/C22H24N2O3/c1-16-6-8-17(9-7-16)20(24-12-4-5-13-24)15-22(25)23-19-11-10-18(26-2)14-21(19)27-3/h4-14,20H,15H2,1-3H3,(H,23,25). The topological polar surface area (TPSA) is 52.5 Å². The second kappa shape index (κ2) is 8.45. The van der Waals surface area contributed by atoms with Crippen LogP contribution < -0.4 is 14.8 Å². The summed E-state index contributed by atoms with van der Waals surface area (Å²) in [4.78, 5) is 12.8. The van der Waals surface area contributed by atoms with E-state index in [9.17, 15) is 4.79 Å². The van der Waals surface area contributed by atoms with Crippen molar-refractivity contribution in [3.8, 4) is 11.5 Å². The zero-order valence-electron chi connectivity index (χ0n) is 15.8. The van der Waals surface area contributed by atoms with Crippen molar-refractivity contribution < 1.29 is 14.3 Å². The van der Waals surface area contributed by atoms with Gasteiger partial charge in [0.05, 0.1) is 32.4 Å². The van der Waals surface area contributed by atoms with Crippen LogP contribution in [0, 0.1) is 6.92 Å². The number of hydrogen-bond donors (Lipinski definition) is 1. The summed E-state index contributed by atoms with van der Waals surface area (Å²) in [6.45, 7) is 2.05. The highest BCUT2D eigenvalue weighted by atomic mass is 16.5. The van der Waals surface area contributed by atoms with Gasteiger partial charge in [0, 0.05) is 18.5 Å². The van der Waals surface area contributed by atoms with Crippen molar-refractivity contribution in [1.82, 2.24) is 4.57 Å². The monoisotopic (exact) mass is 364 g/mol. The summed E-state index contributed by atoms with van der Waals surface area (Å²) in [6, 6.07) is 17.4. The number of carbonyl (C=O) groups excluding carboxylic acids is 1. The first-order valence-electron chi connectivity index (χ1n) is 8.81. The molecule has 1 N–H and O–H groups in total. The molecular weight excluding hydrogens is 340 g/mol. The molecule has 0 saturated carbocycles. The van der Waals surface area contributed by atoms with Gasteiger partial charge in [-0.05, 0) is 36.8 Å². The van der Waals surface area contributed by atoms with Crippen LogP contribution in [0.3, 0.4) is 0 Å². The zero-order chi connectivity index (χ0) is 19.2. The average molecular weight is 364 g/mol. The Bertz CT molecular complexity index is 886. The zero-order valence-corrected chi connectivity index (χ0v) is 15.8. The normalized spacial score (nSPS) is 11.7. The summed E-state index contributed by atoms with van der Waals surface area (Å²) in [6.07, 6.45) is 4.27. The maximum absolute atomic E-state index is 12.8. The van der Waals surface area contributed by atoms with Gasteiger partial charge in [-0.1, -0.05) is 29.8 Å². The van der Waals surface area contributed by atoms with Crippen molar-refractivity contribution in [3.63, 3.8) is 0 Å². The van der Waals surface area contributed by atoms with E-state index < -0.39 is 0 Å². The van der Waals surface area contributed by atoms with Crippen LogP contribution in [-0.4, -0.2) is 24.7 Å². The second-order valence-electron chi connectivity index (χ2n) is 6.38. The third-order valence-corrected chi connectivity index (χ3v) is 4.51. The molecule has 0 saturated heterocycles. The number of carbonyl (C=O) groups is 1. The van der Waals surface area contributed by atoms with Gasteiger partial charge < -0.3 is 19.4 Å². The highest BCUT2D eigenvalue weighted by Gasteiger charge is 2.18. The van der Waals surface area contributed by atoms with Gasteiger partial charge in [0.2, 0.25) is 5.91 Å². The molecule has 0 radical (unpaired) electrons. The number of rotatable bonds is 7. The van der Waals surface area contributed by atoms with Gasteiger partial charge in [-0.15, -0.1) is 0 Å². The number of methoxy groups -OCH3 is 2. The minimum Gasteiger partial charge on any atom is -0.497 e. The number of anilines is 1. The molecule has 0 bridgehead atoms. The number of aryl methyl sites for hydroxylation is 1. The molecular formula is C22H24N2O3. The summed E-state index contributed by atoms with van der Waals surface area (Å²) in [7, 11) is 3.16. The van der Waals surface area contributed by atoms with E-state index in [1.54, 1.807) is 32.4 Å². The van der Waals surface area contributed by atoms with Gasteiger partial charge in [0.1, 0.15) is 11.5 Å². The molecule has 1 unspecified atom stereocenters. The number of nitrogens with one attached hydrogen (secondary N) is 1. The van der Waals surface area contributed by atoms with Gasteiger partial charge in [0.15, 0.2) is 0 Å². The van der Waals surface area contributed by atoms with Crippen LogP contribution in [0.5, 0.6) is 11.5 Å². The van der Waals surface area contributed by atoms with Crippen molar-refractivity contribution in [3.05, 3.63) is 78.1 Å². The minimum atomic E-state index is -0.0854. The quantitative estimate of drug-likeness (QED) is 0.675. The Balaban J connectivity index is 1.80. The van der Waals surface area contributed by atoms with Gasteiger partial charge in [0.25, 0.3) is 0 Å². The van der Waals surface area contributed by atoms with E-state index in [1.165, 1.54) is 5.56 Å². The maximum atomic E-state index is 12.8. The molecule has 0 aliphatic heterocycles. The average Bonchev–Trinajstić information content (AvgIpc) is 3.21. The summed E-state index contributed by atoms with van der Waals surface area (Å²) in [5.41, 5.74) is 2.91. The summed E-state index contributed by atoms with van der Waals surface area (Å²) in [5, 5.41) is 2.95. The molecule has 1 amide bonds. The molecule has 3 rings (SSSR count). The molecule has 1 aromatic heterocycles. The first-order chi connectivity index (χ1) is 13.1. The Labute approximate surface area is 159 Å². The number of benzene rings is 2. The molecule has 0 aliphatic rings. The van der Waals surface area contributed by atoms with Crippen LogP contribution in [0.1, 0.15) is 23.6 Å². The first kappa shape index (κ1) is 18.6. The lowest BCUT2D eigenvalue weighted by Gasteiger charge is -2.20. The fourth-order valence-electron chi connectivity index (χ4n) is 3.02. The van der Waals surface area contributed by atoms with Crippen LogP contribution >= 0.6 is 0 Å². The van der Waals surface area contributed by atoms with Gasteiger partial charge >= 0.3 is 0 Å². The van der Waals surface area contributed by atoms with E-state index in [0.29, 0.717) is 23.6 Å². The van der Waals surface area contributed by atoms with Crippen LogP contribution in [0.4, 0.5) is 5.69 Å². The Hall–Kier alpha value is -3.21. The predicted molar refractivity (Wildman–Crippen MR) is 107 cm³/mol. The number of nitrogens with zero attached hydrogens (tertiary/aromatic N) is 1.